The molecule has 3 rings (SSSR count). The second-order valence-corrected chi connectivity index (χ2v) is 6.69. The maximum absolute atomic E-state index is 14.4. The van der Waals surface area contributed by atoms with Crippen LogP contribution in [0.5, 0.6) is 5.75 Å². The van der Waals surface area contributed by atoms with E-state index >= 15 is 0 Å². The Balaban J connectivity index is 0.00000196. The van der Waals surface area contributed by atoms with Gasteiger partial charge < -0.3 is 20.3 Å². The molecule has 2 heterocycles. The molecule has 0 radical (unpaired) electrons. The van der Waals surface area contributed by atoms with Gasteiger partial charge in [0.15, 0.2) is 0 Å². The fourth-order valence-corrected chi connectivity index (χ4v) is 3.70. The molecule has 3 N–H and O–H groups in total. The molecule has 9 heteroatoms. The fraction of sp³-hybridized carbons (Fsp3) is 0.474. The Morgan fingerprint density at radius 1 is 1.43 bits per heavy atom. The zero-order valence-electron chi connectivity index (χ0n) is 15.4. The van der Waals surface area contributed by atoms with E-state index in [1.807, 2.05) is 0 Å². The molecule has 3 atom stereocenters. The van der Waals surface area contributed by atoms with Crippen LogP contribution in [0.1, 0.15) is 30.9 Å². The van der Waals surface area contributed by atoms with Crippen molar-refractivity contribution in [1.82, 2.24) is 10.3 Å². The van der Waals surface area contributed by atoms with Gasteiger partial charge in [0, 0.05) is 17.5 Å². The number of carboxylic acid groups (broad SMARTS) is 1. The Morgan fingerprint density at radius 2 is 2.18 bits per heavy atom. The molecule has 1 aliphatic rings. The minimum Gasteiger partial charge on any atom is -0.497 e. The normalized spacial score (nSPS) is 20.0. The molecule has 1 aromatic heterocycles. The minimum atomic E-state index is -1.03. The molecule has 1 saturated heterocycles. The minimum absolute atomic E-state index is 0. The zero-order chi connectivity index (χ0) is 18.7. The number of carboxylic acids is 1. The molecule has 156 valence electrons. The molecular weight excluding hydrogens is 410 g/mol. The van der Waals surface area contributed by atoms with Crippen LogP contribution in [0.15, 0.2) is 24.4 Å². The van der Waals surface area contributed by atoms with Crippen LogP contribution >= 0.6 is 24.8 Å². The number of fused-ring (bicyclic) bond motifs is 1. The Bertz CT molecular complexity index is 809. The van der Waals surface area contributed by atoms with Gasteiger partial charge in [-0.05, 0) is 49.9 Å². The third-order valence-electron chi connectivity index (χ3n) is 5.15. The monoisotopic (exact) mass is 434 g/mol. The highest BCUT2D eigenvalue weighted by Gasteiger charge is 2.31. The number of halogens is 3. The summed E-state index contributed by atoms with van der Waals surface area (Å²) in [4.78, 5) is 15.5. The number of aliphatic carboxylic acids is 1. The summed E-state index contributed by atoms with van der Waals surface area (Å²) in [5.74, 6) is -1.35. The molecule has 0 saturated carbocycles. The molecular formula is C19H25Cl2FN2O4. The lowest BCUT2D eigenvalue weighted by molar-refractivity contribution is -0.144. The summed E-state index contributed by atoms with van der Waals surface area (Å²) in [6.07, 6.45) is 1.63. The van der Waals surface area contributed by atoms with Gasteiger partial charge in [0.1, 0.15) is 11.6 Å². The van der Waals surface area contributed by atoms with E-state index in [0.29, 0.717) is 36.0 Å². The van der Waals surface area contributed by atoms with Gasteiger partial charge in [0.05, 0.1) is 30.8 Å². The number of hydrogen-bond donors (Lipinski definition) is 3. The number of nitrogens with zero attached hydrogens (tertiary/aromatic N) is 1. The maximum Gasteiger partial charge on any atom is 0.308 e. The van der Waals surface area contributed by atoms with Crippen molar-refractivity contribution in [2.75, 3.05) is 20.2 Å². The van der Waals surface area contributed by atoms with Crippen molar-refractivity contribution in [1.29, 1.82) is 0 Å². The van der Waals surface area contributed by atoms with Crippen molar-refractivity contribution >= 4 is 41.7 Å². The van der Waals surface area contributed by atoms with E-state index in [1.54, 1.807) is 18.2 Å². The molecule has 0 spiro atoms. The summed E-state index contributed by atoms with van der Waals surface area (Å²) < 4.78 is 19.6. The van der Waals surface area contributed by atoms with Crippen LogP contribution < -0.4 is 10.1 Å². The molecule has 1 aliphatic heterocycles. The van der Waals surface area contributed by atoms with Crippen molar-refractivity contribution in [3.05, 3.63) is 35.8 Å². The molecule has 2 aromatic rings. The zero-order valence-corrected chi connectivity index (χ0v) is 17.1. The van der Waals surface area contributed by atoms with Crippen molar-refractivity contribution in [2.24, 2.45) is 11.8 Å². The number of aromatic nitrogens is 1. The van der Waals surface area contributed by atoms with Crippen molar-refractivity contribution in [3.63, 3.8) is 0 Å². The van der Waals surface area contributed by atoms with Crippen LogP contribution in [0.2, 0.25) is 0 Å². The number of carbonyl (C=O) groups is 1. The third-order valence-corrected chi connectivity index (χ3v) is 5.15. The lowest BCUT2D eigenvalue weighted by Gasteiger charge is -2.30. The number of nitrogens with one attached hydrogen (secondary N) is 1. The Kier molecular flexibility index (Phi) is 9.36. The number of pyridine rings is 1. The van der Waals surface area contributed by atoms with Crippen molar-refractivity contribution in [3.8, 4) is 5.75 Å². The number of aliphatic hydroxyl groups is 1. The van der Waals surface area contributed by atoms with Crippen LogP contribution in [-0.4, -0.2) is 41.4 Å². The number of rotatable bonds is 6. The quantitative estimate of drug-likeness (QED) is 0.645. The highest BCUT2D eigenvalue weighted by atomic mass is 35.5. The second kappa shape index (κ2) is 10.8. The molecule has 28 heavy (non-hydrogen) atoms. The summed E-state index contributed by atoms with van der Waals surface area (Å²) in [5.41, 5.74) is 0.765. The molecule has 0 aliphatic carbocycles. The summed E-state index contributed by atoms with van der Waals surface area (Å²) in [6, 6.07) is 5.11. The highest BCUT2D eigenvalue weighted by Crippen LogP contribution is 2.33. The number of hydrogen-bond acceptors (Lipinski definition) is 5. The van der Waals surface area contributed by atoms with E-state index in [1.165, 1.54) is 7.11 Å². The largest absolute Gasteiger partial charge is 0.497 e. The van der Waals surface area contributed by atoms with E-state index in [2.05, 4.69) is 10.3 Å². The third kappa shape index (κ3) is 5.23. The van der Waals surface area contributed by atoms with Gasteiger partial charge in [-0.25, -0.2) is 4.39 Å². The molecule has 1 aromatic carbocycles. The number of ether oxygens (including phenoxy) is 1. The van der Waals surface area contributed by atoms with E-state index in [9.17, 15) is 19.4 Å². The SMILES string of the molecule is COc1ccc2ncc(F)c([C@@H](O)CCC3CCNCC3C(=O)O)c2c1.Cl.Cl. The van der Waals surface area contributed by atoms with E-state index in [4.69, 9.17) is 4.74 Å². The first kappa shape index (κ1) is 24.4. The molecule has 0 bridgehead atoms. The topological polar surface area (TPSA) is 91.7 Å². The van der Waals surface area contributed by atoms with Crippen LogP contribution in [0, 0.1) is 17.7 Å². The van der Waals surface area contributed by atoms with Crippen molar-refractivity contribution in [2.45, 2.75) is 25.4 Å². The van der Waals surface area contributed by atoms with Crippen molar-refractivity contribution < 1.29 is 24.1 Å². The van der Waals surface area contributed by atoms with Gasteiger partial charge in [0.2, 0.25) is 0 Å². The summed E-state index contributed by atoms with van der Waals surface area (Å²) >= 11 is 0. The van der Waals surface area contributed by atoms with Gasteiger partial charge in [-0.15, -0.1) is 24.8 Å². The average molecular weight is 435 g/mol. The predicted octanol–water partition coefficient (Wildman–Crippen LogP) is 3.35. The van der Waals surface area contributed by atoms with Crippen LogP contribution in [0.25, 0.3) is 10.9 Å². The van der Waals surface area contributed by atoms with Crippen LogP contribution in [0.3, 0.4) is 0 Å². The number of piperidine rings is 1. The fourth-order valence-electron chi connectivity index (χ4n) is 3.70. The van der Waals surface area contributed by atoms with Gasteiger partial charge >= 0.3 is 5.97 Å². The second-order valence-electron chi connectivity index (χ2n) is 6.69. The lowest BCUT2D eigenvalue weighted by Crippen LogP contribution is -2.40. The van der Waals surface area contributed by atoms with E-state index < -0.39 is 23.8 Å². The van der Waals surface area contributed by atoms with Crippen LogP contribution in [-0.2, 0) is 4.79 Å². The Labute approximate surface area is 175 Å². The number of methoxy groups -OCH3 is 1. The highest BCUT2D eigenvalue weighted by molar-refractivity contribution is 5.86. The molecule has 1 fully saturated rings. The summed E-state index contributed by atoms with van der Waals surface area (Å²) in [6.45, 7) is 1.19. The first-order valence-corrected chi connectivity index (χ1v) is 8.75. The molecule has 6 nitrogen and oxygen atoms in total. The Hall–Kier alpha value is -1.67. The average Bonchev–Trinajstić information content (AvgIpc) is 2.65. The predicted molar refractivity (Wildman–Crippen MR) is 109 cm³/mol. The van der Waals surface area contributed by atoms with Gasteiger partial charge in [0.25, 0.3) is 0 Å². The first-order valence-electron chi connectivity index (χ1n) is 8.75. The first-order chi connectivity index (χ1) is 12.5. The van der Waals surface area contributed by atoms with E-state index in [-0.39, 0.29) is 36.3 Å². The maximum atomic E-state index is 14.4. The van der Waals surface area contributed by atoms with Gasteiger partial charge in [-0.2, -0.15) is 0 Å². The standard InChI is InChI=1S/C19H23FN2O4.2ClH/c1-26-12-3-4-16-13(8-12)18(15(20)10-22-16)17(23)5-2-11-6-7-21-9-14(11)19(24)25;;/h3-4,8,10-11,14,17,21,23H,2,5-7,9H2,1H3,(H,24,25);2*1H/t11?,14?,17-;;/m0../s1. The van der Waals surface area contributed by atoms with Gasteiger partial charge in [-0.1, -0.05) is 0 Å². The Morgan fingerprint density at radius 3 is 2.86 bits per heavy atom. The van der Waals surface area contributed by atoms with Gasteiger partial charge in [-0.3, -0.25) is 9.78 Å². The summed E-state index contributed by atoms with van der Waals surface area (Å²) in [7, 11) is 1.52. The smallest absolute Gasteiger partial charge is 0.308 e. The molecule has 2 unspecified atom stereocenters. The molecule has 0 amide bonds. The van der Waals surface area contributed by atoms with Crippen LogP contribution in [0.4, 0.5) is 4.39 Å². The summed E-state index contributed by atoms with van der Waals surface area (Å²) in [5, 5.41) is 23.6. The number of aliphatic hydroxyl groups excluding tert-OH is 1. The van der Waals surface area contributed by atoms with E-state index in [0.717, 1.165) is 19.2 Å². The number of benzene rings is 1. The lowest BCUT2D eigenvalue weighted by atomic mass is 9.82.